The Morgan fingerprint density at radius 2 is 1.90 bits per heavy atom. The van der Waals surface area contributed by atoms with Gasteiger partial charge in [0.1, 0.15) is 0 Å². The van der Waals surface area contributed by atoms with Crippen molar-refractivity contribution in [2.24, 2.45) is 11.3 Å². The molecule has 4 heteroatoms. The van der Waals surface area contributed by atoms with E-state index in [1.54, 1.807) is 4.90 Å². The molecule has 1 aromatic carbocycles. The second kappa shape index (κ2) is 5.17. The lowest BCUT2D eigenvalue weighted by Gasteiger charge is -2.24. The molecule has 3 rings (SSSR count). The van der Waals surface area contributed by atoms with Crippen molar-refractivity contribution >= 4 is 11.9 Å². The number of aliphatic carboxylic acids is 1. The molecule has 1 heterocycles. The fraction of sp³-hybridized carbons (Fsp3) is 0.529. The van der Waals surface area contributed by atoms with Crippen molar-refractivity contribution in [3.63, 3.8) is 0 Å². The zero-order valence-electron chi connectivity index (χ0n) is 12.3. The monoisotopic (exact) mass is 287 g/mol. The standard InChI is InChI=1S/C17H21NO3/c1-2-17(16(20)21)7-8-18(11-17)15(19)14-9-12-5-3-4-6-13(12)10-14/h3-6,14H,2,7-11H2,1H3,(H,20,21). The number of carboxylic acid groups (broad SMARTS) is 1. The van der Waals surface area contributed by atoms with Crippen molar-refractivity contribution in [2.45, 2.75) is 32.6 Å². The fourth-order valence-electron chi connectivity index (χ4n) is 3.67. The molecule has 1 N–H and O–H groups in total. The number of benzene rings is 1. The van der Waals surface area contributed by atoms with E-state index in [0.717, 1.165) is 12.8 Å². The van der Waals surface area contributed by atoms with Crippen LogP contribution < -0.4 is 0 Å². The zero-order chi connectivity index (χ0) is 15.0. The number of fused-ring (bicyclic) bond motifs is 1. The Kier molecular flexibility index (Phi) is 3.47. The minimum absolute atomic E-state index is 0.0103. The van der Waals surface area contributed by atoms with E-state index in [-0.39, 0.29) is 11.8 Å². The molecule has 1 amide bonds. The number of likely N-dealkylation sites (tertiary alicyclic amines) is 1. The van der Waals surface area contributed by atoms with E-state index in [1.807, 2.05) is 19.1 Å². The van der Waals surface area contributed by atoms with Crippen LogP contribution in [0.5, 0.6) is 0 Å². The van der Waals surface area contributed by atoms with Crippen LogP contribution in [0.3, 0.4) is 0 Å². The molecule has 1 aromatic rings. The SMILES string of the molecule is CCC1(C(=O)O)CCN(C(=O)C2Cc3ccccc3C2)C1. The number of hydrogen-bond donors (Lipinski definition) is 1. The van der Waals surface area contributed by atoms with Gasteiger partial charge in [-0.3, -0.25) is 9.59 Å². The Balaban J connectivity index is 1.70. The lowest BCUT2D eigenvalue weighted by Crippen LogP contribution is -2.39. The topological polar surface area (TPSA) is 57.6 Å². The van der Waals surface area contributed by atoms with E-state index in [4.69, 9.17) is 0 Å². The maximum Gasteiger partial charge on any atom is 0.311 e. The molecule has 0 spiro atoms. The van der Waals surface area contributed by atoms with E-state index < -0.39 is 11.4 Å². The summed E-state index contributed by atoms with van der Waals surface area (Å²) in [6.07, 6.45) is 2.73. The second-order valence-electron chi connectivity index (χ2n) is 6.32. The summed E-state index contributed by atoms with van der Waals surface area (Å²) in [5.41, 5.74) is 1.78. The van der Waals surface area contributed by atoms with Crippen molar-refractivity contribution in [2.75, 3.05) is 13.1 Å². The second-order valence-corrected chi connectivity index (χ2v) is 6.32. The molecule has 1 aliphatic carbocycles. The van der Waals surface area contributed by atoms with Crippen LogP contribution in [0.25, 0.3) is 0 Å². The molecule has 112 valence electrons. The van der Waals surface area contributed by atoms with Gasteiger partial charge in [0.2, 0.25) is 5.91 Å². The molecule has 2 aliphatic rings. The summed E-state index contributed by atoms with van der Waals surface area (Å²) >= 11 is 0. The summed E-state index contributed by atoms with van der Waals surface area (Å²) in [6.45, 7) is 2.84. The zero-order valence-corrected chi connectivity index (χ0v) is 12.3. The number of nitrogens with zero attached hydrogens (tertiary/aromatic N) is 1. The van der Waals surface area contributed by atoms with Gasteiger partial charge in [-0.05, 0) is 36.8 Å². The third kappa shape index (κ3) is 2.33. The molecule has 0 saturated carbocycles. The van der Waals surface area contributed by atoms with E-state index >= 15 is 0 Å². The van der Waals surface area contributed by atoms with E-state index in [0.29, 0.717) is 25.9 Å². The number of hydrogen-bond acceptors (Lipinski definition) is 2. The summed E-state index contributed by atoms with van der Waals surface area (Å²) in [7, 11) is 0. The molecule has 1 unspecified atom stereocenters. The molecule has 1 aliphatic heterocycles. The van der Waals surface area contributed by atoms with Crippen molar-refractivity contribution in [3.8, 4) is 0 Å². The third-order valence-electron chi connectivity index (χ3n) is 5.20. The summed E-state index contributed by atoms with van der Waals surface area (Å²) in [6, 6.07) is 8.18. The average Bonchev–Trinajstić information content (AvgIpc) is 3.11. The minimum Gasteiger partial charge on any atom is -0.481 e. The lowest BCUT2D eigenvalue weighted by molar-refractivity contribution is -0.149. The Morgan fingerprint density at radius 1 is 1.29 bits per heavy atom. The van der Waals surface area contributed by atoms with Crippen LogP contribution in [-0.4, -0.2) is 35.0 Å². The minimum atomic E-state index is -0.769. The van der Waals surface area contributed by atoms with Gasteiger partial charge in [-0.25, -0.2) is 0 Å². The Hall–Kier alpha value is -1.84. The molecule has 21 heavy (non-hydrogen) atoms. The smallest absolute Gasteiger partial charge is 0.311 e. The van der Waals surface area contributed by atoms with Crippen molar-refractivity contribution in [1.29, 1.82) is 0 Å². The first-order chi connectivity index (χ1) is 10.1. The van der Waals surface area contributed by atoms with Gasteiger partial charge >= 0.3 is 5.97 Å². The Morgan fingerprint density at radius 3 is 2.38 bits per heavy atom. The van der Waals surface area contributed by atoms with Gasteiger partial charge in [0.15, 0.2) is 0 Å². The molecule has 0 radical (unpaired) electrons. The number of carboxylic acids is 1. The first kappa shape index (κ1) is 14.1. The van der Waals surface area contributed by atoms with Crippen molar-refractivity contribution < 1.29 is 14.7 Å². The lowest BCUT2D eigenvalue weighted by atomic mass is 9.84. The van der Waals surface area contributed by atoms with E-state index in [2.05, 4.69) is 12.1 Å². The molecule has 0 aromatic heterocycles. The summed E-state index contributed by atoms with van der Waals surface area (Å²) in [4.78, 5) is 25.9. The third-order valence-corrected chi connectivity index (χ3v) is 5.20. The van der Waals surface area contributed by atoms with E-state index in [1.165, 1.54) is 11.1 Å². The highest BCUT2D eigenvalue weighted by atomic mass is 16.4. The average molecular weight is 287 g/mol. The van der Waals surface area contributed by atoms with Gasteiger partial charge in [0.05, 0.1) is 5.41 Å². The van der Waals surface area contributed by atoms with E-state index in [9.17, 15) is 14.7 Å². The molecule has 4 nitrogen and oxygen atoms in total. The van der Waals surface area contributed by atoms with Crippen LogP contribution in [0, 0.1) is 11.3 Å². The maximum absolute atomic E-state index is 12.7. The number of rotatable bonds is 3. The molecule has 1 atom stereocenters. The Bertz CT molecular complexity index is 558. The van der Waals surface area contributed by atoms with Crippen LogP contribution in [0.2, 0.25) is 0 Å². The predicted octanol–water partition coefficient (Wildman–Crippen LogP) is 2.11. The molecule has 0 bridgehead atoms. The molecule has 1 saturated heterocycles. The van der Waals surface area contributed by atoms with Gasteiger partial charge < -0.3 is 10.0 Å². The van der Waals surface area contributed by atoms with Crippen LogP contribution in [-0.2, 0) is 22.4 Å². The van der Waals surface area contributed by atoms with Gasteiger partial charge in [-0.15, -0.1) is 0 Å². The number of carbonyl (C=O) groups excluding carboxylic acids is 1. The Labute approximate surface area is 124 Å². The van der Waals surface area contributed by atoms with Crippen LogP contribution in [0.1, 0.15) is 30.9 Å². The fourth-order valence-corrected chi connectivity index (χ4v) is 3.67. The number of amides is 1. The predicted molar refractivity (Wildman–Crippen MR) is 78.9 cm³/mol. The highest BCUT2D eigenvalue weighted by Gasteiger charge is 2.46. The number of carbonyl (C=O) groups is 2. The van der Waals surface area contributed by atoms with Gasteiger partial charge in [-0.1, -0.05) is 31.2 Å². The van der Waals surface area contributed by atoms with Gasteiger partial charge in [-0.2, -0.15) is 0 Å². The molecular formula is C17H21NO3. The van der Waals surface area contributed by atoms with Gasteiger partial charge in [0.25, 0.3) is 0 Å². The first-order valence-corrected chi connectivity index (χ1v) is 7.65. The van der Waals surface area contributed by atoms with Crippen LogP contribution >= 0.6 is 0 Å². The maximum atomic E-state index is 12.7. The summed E-state index contributed by atoms with van der Waals surface area (Å²) in [5, 5.41) is 9.43. The van der Waals surface area contributed by atoms with Crippen molar-refractivity contribution in [1.82, 2.24) is 4.90 Å². The molecule has 1 fully saturated rings. The van der Waals surface area contributed by atoms with Crippen molar-refractivity contribution in [3.05, 3.63) is 35.4 Å². The first-order valence-electron chi connectivity index (χ1n) is 7.65. The normalized spacial score (nSPS) is 25.1. The van der Waals surface area contributed by atoms with Crippen LogP contribution in [0.15, 0.2) is 24.3 Å². The highest BCUT2D eigenvalue weighted by Crippen LogP contribution is 2.36. The quantitative estimate of drug-likeness (QED) is 0.926. The summed E-state index contributed by atoms with van der Waals surface area (Å²) < 4.78 is 0. The summed E-state index contributed by atoms with van der Waals surface area (Å²) in [5.74, 6) is -0.651. The van der Waals surface area contributed by atoms with Gasteiger partial charge in [0, 0.05) is 19.0 Å². The molecular weight excluding hydrogens is 266 g/mol. The highest BCUT2D eigenvalue weighted by molar-refractivity contribution is 5.83. The van der Waals surface area contributed by atoms with Crippen LogP contribution in [0.4, 0.5) is 0 Å². The largest absolute Gasteiger partial charge is 0.481 e.